The number of alkyl halides is 1. The van der Waals surface area contributed by atoms with Crippen molar-refractivity contribution in [3.8, 4) is 0 Å². The van der Waals surface area contributed by atoms with E-state index < -0.39 is 29.9 Å². The highest BCUT2D eigenvalue weighted by Gasteiger charge is 2.47. The van der Waals surface area contributed by atoms with E-state index in [9.17, 15) is 0 Å². The van der Waals surface area contributed by atoms with Crippen molar-refractivity contribution >= 4 is 11.8 Å². The summed E-state index contributed by atoms with van der Waals surface area (Å²) in [4.78, 5) is 2.83. The number of benzene rings is 2. The minimum absolute atomic E-state index is 0.179. The third kappa shape index (κ3) is 6.20. The maximum atomic E-state index is 15.4. The van der Waals surface area contributed by atoms with Crippen molar-refractivity contribution in [2.75, 3.05) is 12.4 Å². The second-order valence-electron chi connectivity index (χ2n) is 6.90. The minimum atomic E-state index is -1.49. The Morgan fingerprint density at radius 3 is 2.30 bits per heavy atom. The van der Waals surface area contributed by atoms with E-state index in [2.05, 4.69) is 10.0 Å². The van der Waals surface area contributed by atoms with Gasteiger partial charge in [0.25, 0.3) is 0 Å². The van der Waals surface area contributed by atoms with E-state index in [0.29, 0.717) is 12.4 Å². The smallest absolute Gasteiger partial charge is 0.141 e. The first-order valence-corrected chi connectivity index (χ1v) is 11.0. The van der Waals surface area contributed by atoms with E-state index in [4.69, 9.17) is 19.7 Å². The number of rotatable bonds is 10. The van der Waals surface area contributed by atoms with Crippen LogP contribution in [-0.4, -0.2) is 42.2 Å². The first-order chi connectivity index (χ1) is 14.7. The third-order valence-corrected chi connectivity index (χ3v) is 5.84. The highest BCUT2D eigenvalue weighted by atomic mass is 32.2. The van der Waals surface area contributed by atoms with Crippen LogP contribution >= 0.6 is 11.8 Å². The molecule has 0 bridgehead atoms. The molecule has 2 aromatic carbocycles. The molecule has 160 valence electrons. The summed E-state index contributed by atoms with van der Waals surface area (Å²) in [6, 6.07) is 18.4. The largest absolute Gasteiger partial charge is 0.374 e. The molecule has 0 aromatic heterocycles. The summed E-state index contributed by atoms with van der Waals surface area (Å²) >= 11 is 1.42. The van der Waals surface area contributed by atoms with E-state index in [1.165, 1.54) is 11.8 Å². The molecular formula is C22H26FN3O3S. The van der Waals surface area contributed by atoms with E-state index in [-0.39, 0.29) is 13.2 Å². The first-order valence-electron chi connectivity index (χ1n) is 9.95. The summed E-state index contributed by atoms with van der Waals surface area (Å²) in [5.41, 5.74) is 10.3. The predicted molar refractivity (Wildman–Crippen MR) is 116 cm³/mol. The van der Waals surface area contributed by atoms with Crippen LogP contribution in [-0.2, 0) is 27.4 Å². The summed E-state index contributed by atoms with van der Waals surface area (Å²) in [7, 11) is 0. The molecule has 3 rings (SSSR count). The van der Waals surface area contributed by atoms with Gasteiger partial charge in [-0.2, -0.15) is 0 Å². The van der Waals surface area contributed by atoms with Crippen LogP contribution in [0.4, 0.5) is 4.39 Å². The van der Waals surface area contributed by atoms with Gasteiger partial charge in [0.15, 0.2) is 0 Å². The van der Waals surface area contributed by atoms with E-state index in [1.807, 2.05) is 67.6 Å². The molecule has 1 fully saturated rings. The summed E-state index contributed by atoms with van der Waals surface area (Å²) in [6.45, 7) is 2.76. The molecule has 6 nitrogen and oxygen atoms in total. The molecule has 2 aromatic rings. The number of halogens is 1. The second-order valence-corrected chi connectivity index (χ2v) is 8.28. The maximum absolute atomic E-state index is 15.4. The standard InChI is InChI=1S/C22H26FN3O3S/c1-2-30-22-20(25-26-24)19(23)21(28-14-17-11-7-4-8-12-17)18(29-22)15-27-13-16-9-5-3-6-10-16/h3-12,18-22H,2,13-15H2,1H3/t18-,19-,20-,21-,22+/m1/s1. The van der Waals surface area contributed by atoms with Gasteiger partial charge in [-0.05, 0) is 22.4 Å². The van der Waals surface area contributed by atoms with Crippen LogP contribution in [0.5, 0.6) is 0 Å². The van der Waals surface area contributed by atoms with Gasteiger partial charge in [0.2, 0.25) is 0 Å². The zero-order valence-corrected chi connectivity index (χ0v) is 17.7. The van der Waals surface area contributed by atoms with Crippen molar-refractivity contribution in [2.24, 2.45) is 5.11 Å². The van der Waals surface area contributed by atoms with Crippen LogP contribution in [0.2, 0.25) is 0 Å². The third-order valence-electron chi connectivity index (χ3n) is 4.79. The number of nitrogens with zero attached hydrogens (tertiary/aromatic N) is 3. The molecule has 8 heteroatoms. The fraction of sp³-hybridized carbons (Fsp3) is 0.455. The Morgan fingerprint density at radius 2 is 1.70 bits per heavy atom. The van der Waals surface area contributed by atoms with Gasteiger partial charge in [0.05, 0.1) is 19.8 Å². The quantitative estimate of drug-likeness (QED) is 0.291. The van der Waals surface area contributed by atoms with Crippen LogP contribution in [0.1, 0.15) is 18.1 Å². The molecule has 0 unspecified atom stereocenters. The van der Waals surface area contributed by atoms with Crippen molar-refractivity contribution in [1.82, 2.24) is 0 Å². The van der Waals surface area contributed by atoms with Gasteiger partial charge in [-0.1, -0.05) is 72.7 Å². The van der Waals surface area contributed by atoms with E-state index >= 15 is 4.39 Å². The van der Waals surface area contributed by atoms with Gasteiger partial charge >= 0.3 is 0 Å². The fourth-order valence-electron chi connectivity index (χ4n) is 3.33. The molecule has 0 amide bonds. The lowest BCUT2D eigenvalue weighted by molar-refractivity contribution is -0.179. The Balaban J connectivity index is 1.70. The Kier molecular flexibility index (Phi) is 8.99. The SMILES string of the molecule is CCS[C@@H]1O[C@H](COCc2ccccc2)[C@@H](OCc2ccccc2)[C@H](F)[C@H]1N=[N+]=[N-]. The predicted octanol–water partition coefficient (Wildman–Crippen LogP) is 5.28. The van der Waals surface area contributed by atoms with E-state index in [1.54, 1.807) is 0 Å². The molecule has 0 spiro atoms. The zero-order chi connectivity index (χ0) is 21.2. The number of hydrogen-bond acceptors (Lipinski definition) is 5. The molecule has 1 heterocycles. The van der Waals surface area contributed by atoms with Gasteiger partial charge < -0.3 is 14.2 Å². The lowest BCUT2D eigenvalue weighted by Gasteiger charge is -2.41. The summed E-state index contributed by atoms with van der Waals surface area (Å²) in [5.74, 6) is 0.710. The van der Waals surface area contributed by atoms with Gasteiger partial charge in [0, 0.05) is 4.91 Å². The molecule has 5 atom stereocenters. The van der Waals surface area contributed by atoms with Crippen LogP contribution in [0.25, 0.3) is 10.4 Å². The van der Waals surface area contributed by atoms with Gasteiger partial charge in [-0.3, -0.25) is 0 Å². The van der Waals surface area contributed by atoms with Crippen molar-refractivity contribution < 1.29 is 18.6 Å². The number of hydrogen-bond donors (Lipinski definition) is 0. The maximum Gasteiger partial charge on any atom is 0.141 e. The van der Waals surface area contributed by atoms with E-state index in [0.717, 1.165) is 11.1 Å². The van der Waals surface area contributed by atoms with Gasteiger partial charge in [0.1, 0.15) is 29.9 Å². The molecule has 0 radical (unpaired) electrons. The molecule has 1 aliphatic heterocycles. The molecule has 30 heavy (non-hydrogen) atoms. The molecule has 0 aliphatic carbocycles. The van der Waals surface area contributed by atoms with Crippen molar-refractivity contribution in [2.45, 2.75) is 50.0 Å². The minimum Gasteiger partial charge on any atom is -0.374 e. The van der Waals surface area contributed by atoms with Crippen LogP contribution in [0.3, 0.4) is 0 Å². The Labute approximate surface area is 180 Å². The topological polar surface area (TPSA) is 76.5 Å². The van der Waals surface area contributed by atoms with Crippen LogP contribution < -0.4 is 0 Å². The lowest BCUT2D eigenvalue weighted by atomic mass is 9.99. The average molecular weight is 432 g/mol. The normalized spacial score (nSPS) is 26.1. The molecule has 0 saturated carbocycles. The Hall–Kier alpha value is -2.09. The highest BCUT2D eigenvalue weighted by molar-refractivity contribution is 7.99. The van der Waals surface area contributed by atoms with Crippen molar-refractivity contribution in [3.05, 3.63) is 82.2 Å². The van der Waals surface area contributed by atoms with Gasteiger partial charge in [-0.25, -0.2) is 4.39 Å². The number of thioether (sulfide) groups is 1. The fourth-order valence-corrected chi connectivity index (χ4v) is 4.28. The second kappa shape index (κ2) is 11.9. The summed E-state index contributed by atoms with van der Waals surface area (Å²) < 4.78 is 33.3. The van der Waals surface area contributed by atoms with Crippen LogP contribution in [0.15, 0.2) is 65.8 Å². The Bertz CT molecular complexity index is 808. The Morgan fingerprint density at radius 1 is 1.07 bits per heavy atom. The zero-order valence-electron chi connectivity index (χ0n) is 16.8. The molecular weight excluding hydrogens is 405 g/mol. The molecule has 0 N–H and O–H groups in total. The van der Waals surface area contributed by atoms with Gasteiger partial charge in [-0.15, -0.1) is 11.8 Å². The average Bonchev–Trinajstić information content (AvgIpc) is 2.77. The molecule has 1 aliphatic rings. The summed E-state index contributed by atoms with van der Waals surface area (Å²) in [5, 5.41) is 3.67. The number of ether oxygens (including phenoxy) is 3. The molecule has 1 saturated heterocycles. The highest BCUT2D eigenvalue weighted by Crippen LogP contribution is 2.34. The first kappa shape index (κ1) is 22.6. The van der Waals surface area contributed by atoms with Crippen molar-refractivity contribution in [3.63, 3.8) is 0 Å². The van der Waals surface area contributed by atoms with Crippen LogP contribution in [0, 0.1) is 0 Å². The lowest BCUT2D eigenvalue weighted by Crippen LogP contribution is -2.56. The summed E-state index contributed by atoms with van der Waals surface area (Å²) in [6.07, 6.45) is -3.00. The monoisotopic (exact) mass is 431 g/mol. The van der Waals surface area contributed by atoms with Crippen molar-refractivity contribution in [1.29, 1.82) is 0 Å². The number of azide groups is 1.